The van der Waals surface area contributed by atoms with Crippen LogP contribution in [0.25, 0.3) is 0 Å². The van der Waals surface area contributed by atoms with Crippen LogP contribution in [0.5, 0.6) is 0 Å². The van der Waals surface area contributed by atoms with Gasteiger partial charge in [0, 0.05) is 45.0 Å². The van der Waals surface area contributed by atoms with Gasteiger partial charge in [-0.05, 0) is 32.9 Å². The predicted octanol–water partition coefficient (Wildman–Crippen LogP) is 2.01. The standard InChI is InChI=1S/C21H28N8O2/c1-21(2,3)31-20(30)24-10-9-23-19-25-18(17(15-22)26-27-19)29-13-11-28(12-14-29)16-7-5-4-6-8-16/h4-8H,9-14H2,1-3H3,(H,24,30)(H,23,25,27). The quantitative estimate of drug-likeness (QED) is 0.671. The van der Waals surface area contributed by atoms with Crippen molar-refractivity contribution in [3.05, 3.63) is 36.0 Å². The maximum Gasteiger partial charge on any atom is 0.407 e. The second kappa shape index (κ2) is 9.93. The van der Waals surface area contributed by atoms with Crippen molar-refractivity contribution < 1.29 is 9.53 Å². The number of ether oxygens (including phenoxy) is 1. The van der Waals surface area contributed by atoms with Gasteiger partial charge < -0.3 is 25.2 Å². The molecule has 10 nitrogen and oxygen atoms in total. The van der Waals surface area contributed by atoms with Crippen LogP contribution in [-0.2, 0) is 4.74 Å². The highest BCUT2D eigenvalue weighted by Gasteiger charge is 2.22. The number of amides is 1. The van der Waals surface area contributed by atoms with E-state index in [1.165, 1.54) is 5.69 Å². The van der Waals surface area contributed by atoms with Crippen molar-refractivity contribution >= 4 is 23.5 Å². The Bertz CT molecular complexity index is 915. The summed E-state index contributed by atoms with van der Waals surface area (Å²) in [5.74, 6) is 0.832. The van der Waals surface area contributed by atoms with Crippen molar-refractivity contribution in [2.24, 2.45) is 0 Å². The molecule has 31 heavy (non-hydrogen) atoms. The number of nitriles is 1. The van der Waals surface area contributed by atoms with Gasteiger partial charge in [0.25, 0.3) is 0 Å². The Balaban J connectivity index is 1.55. The summed E-state index contributed by atoms with van der Waals surface area (Å²) >= 11 is 0. The van der Waals surface area contributed by atoms with E-state index in [9.17, 15) is 10.1 Å². The van der Waals surface area contributed by atoms with E-state index in [1.54, 1.807) is 0 Å². The molecule has 1 amide bonds. The van der Waals surface area contributed by atoms with Gasteiger partial charge in [0.15, 0.2) is 5.82 Å². The van der Waals surface area contributed by atoms with Crippen molar-refractivity contribution in [2.75, 3.05) is 54.4 Å². The van der Waals surface area contributed by atoms with Crippen LogP contribution in [0.15, 0.2) is 30.3 Å². The molecule has 0 spiro atoms. The second-order valence-electron chi connectivity index (χ2n) is 8.08. The zero-order valence-electron chi connectivity index (χ0n) is 18.1. The van der Waals surface area contributed by atoms with Crippen LogP contribution in [0, 0.1) is 11.3 Å². The Morgan fingerprint density at radius 2 is 1.77 bits per heavy atom. The van der Waals surface area contributed by atoms with Gasteiger partial charge in [0.2, 0.25) is 11.6 Å². The number of piperazine rings is 1. The molecule has 0 bridgehead atoms. The van der Waals surface area contributed by atoms with Crippen molar-refractivity contribution in [1.29, 1.82) is 5.26 Å². The van der Waals surface area contributed by atoms with Crippen molar-refractivity contribution in [3.8, 4) is 6.07 Å². The summed E-state index contributed by atoms with van der Waals surface area (Å²) in [6, 6.07) is 12.3. The molecule has 1 aliphatic rings. The van der Waals surface area contributed by atoms with Gasteiger partial charge in [0.05, 0.1) is 0 Å². The third-order valence-electron chi connectivity index (χ3n) is 4.55. The summed E-state index contributed by atoms with van der Waals surface area (Å²) in [5, 5.41) is 23.1. The van der Waals surface area contributed by atoms with Crippen molar-refractivity contribution in [2.45, 2.75) is 26.4 Å². The highest BCUT2D eigenvalue weighted by atomic mass is 16.6. The van der Waals surface area contributed by atoms with Crippen molar-refractivity contribution in [3.63, 3.8) is 0 Å². The Hall–Kier alpha value is -3.61. The molecular formula is C21H28N8O2. The Morgan fingerprint density at radius 3 is 2.42 bits per heavy atom. The highest BCUT2D eigenvalue weighted by molar-refractivity contribution is 5.67. The minimum Gasteiger partial charge on any atom is -0.444 e. The van der Waals surface area contributed by atoms with E-state index in [0.717, 1.165) is 26.2 Å². The first-order valence-corrected chi connectivity index (χ1v) is 10.3. The molecule has 10 heteroatoms. The monoisotopic (exact) mass is 424 g/mol. The zero-order chi connectivity index (χ0) is 22.3. The molecular weight excluding hydrogens is 396 g/mol. The van der Waals surface area contributed by atoms with E-state index in [4.69, 9.17) is 4.74 Å². The normalized spacial score (nSPS) is 14.0. The van der Waals surface area contributed by atoms with Crippen LogP contribution in [-0.4, -0.2) is 66.1 Å². The molecule has 0 aliphatic carbocycles. The fourth-order valence-electron chi connectivity index (χ4n) is 3.15. The number of alkyl carbamates (subject to hydrolysis) is 1. The number of nitrogens with zero attached hydrogens (tertiary/aromatic N) is 6. The first kappa shape index (κ1) is 22.1. The number of para-hydroxylation sites is 1. The first-order valence-electron chi connectivity index (χ1n) is 10.3. The number of benzene rings is 1. The summed E-state index contributed by atoms with van der Waals surface area (Å²) in [5.41, 5.74) is 0.839. The predicted molar refractivity (Wildman–Crippen MR) is 118 cm³/mol. The number of hydrogen-bond donors (Lipinski definition) is 2. The van der Waals surface area contributed by atoms with Crippen LogP contribution in [0.3, 0.4) is 0 Å². The number of carbonyl (C=O) groups excluding carboxylic acids is 1. The van der Waals surface area contributed by atoms with Gasteiger partial charge in [0.1, 0.15) is 11.7 Å². The lowest BCUT2D eigenvalue weighted by molar-refractivity contribution is 0.0530. The first-order chi connectivity index (χ1) is 14.9. The van der Waals surface area contributed by atoms with Gasteiger partial charge >= 0.3 is 6.09 Å². The molecule has 1 aromatic carbocycles. The third-order valence-corrected chi connectivity index (χ3v) is 4.55. The average Bonchev–Trinajstić information content (AvgIpc) is 2.76. The topological polar surface area (TPSA) is 119 Å². The van der Waals surface area contributed by atoms with Crippen LogP contribution in [0.4, 0.5) is 22.2 Å². The average molecular weight is 425 g/mol. The summed E-state index contributed by atoms with van der Waals surface area (Å²) < 4.78 is 5.19. The highest BCUT2D eigenvalue weighted by Crippen LogP contribution is 2.21. The molecule has 2 heterocycles. The van der Waals surface area contributed by atoms with Crippen LogP contribution in [0.2, 0.25) is 0 Å². The van der Waals surface area contributed by atoms with Gasteiger partial charge in [-0.3, -0.25) is 0 Å². The smallest absolute Gasteiger partial charge is 0.407 e. The number of hydrogen-bond acceptors (Lipinski definition) is 9. The van der Waals surface area contributed by atoms with Gasteiger partial charge in [-0.25, -0.2) is 4.79 Å². The van der Waals surface area contributed by atoms with Crippen LogP contribution in [0.1, 0.15) is 26.5 Å². The van der Waals surface area contributed by atoms with Gasteiger partial charge in [-0.1, -0.05) is 18.2 Å². The lowest BCUT2D eigenvalue weighted by atomic mass is 10.2. The SMILES string of the molecule is CC(C)(C)OC(=O)NCCNc1nnc(C#N)c(N2CCN(c3ccccc3)CC2)n1. The molecule has 0 unspecified atom stereocenters. The third kappa shape index (κ3) is 6.44. The molecule has 1 saturated heterocycles. The number of anilines is 3. The minimum absolute atomic E-state index is 0.200. The number of carbonyl (C=O) groups is 1. The van der Waals surface area contributed by atoms with Gasteiger partial charge in [-0.15, -0.1) is 10.2 Å². The molecule has 164 valence electrons. The number of rotatable bonds is 6. The molecule has 2 aromatic rings. The Kier molecular flexibility index (Phi) is 7.07. The minimum atomic E-state index is -0.545. The largest absolute Gasteiger partial charge is 0.444 e. The molecule has 0 radical (unpaired) electrons. The van der Waals surface area contributed by atoms with E-state index >= 15 is 0 Å². The fourth-order valence-corrected chi connectivity index (χ4v) is 3.15. The molecule has 1 aliphatic heterocycles. The maximum absolute atomic E-state index is 11.7. The molecule has 2 N–H and O–H groups in total. The Morgan fingerprint density at radius 1 is 1.10 bits per heavy atom. The number of nitrogens with one attached hydrogen (secondary N) is 2. The van der Waals surface area contributed by atoms with Crippen molar-refractivity contribution in [1.82, 2.24) is 20.5 Å². The zero-order valence-corrected chi connectivity index (χ0v) is 18.1. The van der Waals surface area contributed by atoms with Crippen LogP contribution < -0.4 is 20.4 Å². The molecule has 0 atom stereocenters. The van der Waals surface area contributed by atoms with E-state index in [1.807, 2.05) is 39.0 Å². The maximum atomic E-state index is 11.7. The van der Waals surface area contributed by atoms with E-state index < -0.39 is 11.7 Å². The second-order valence-corrected chi connectivity index (χ2v) is 8.08. The molecule has 1 aromatic heterocycles. The number of aromatic nitrogens is 3. The summed E-state index contributed by atoms with van der Waals surface area (Å²) in [4.78, 5) is 20.5. The van der Waals surface area contributed by atoms with E-state index in [2.05, 4.69) is 53.8 Å². The fraction of sp³-hybridized carbons (Fsp3) is 0.476. The Labute approximate surface area is 182 Å². The summed E-state index contributed by atoms with van der Waals surface area (Å²) in [6.45, 7) is 9.25. The molecule has 3 rings (SSSR count). The lowest BCUT2D eigenvalue weighted by Crippen LogP contribution is -2.47. The molecule has 1 fully saturated rings. The summed E-state index contributed by atoms with van der Waals surface area (Å²) in [7, 11) is 0. The van der Waals surface area contributed by atoms with E-state index in [0.29, 0.717) is 24.9 Å². The summed E-state index contributed by atoms with van der Waals surface area (Å²) in [6.07, 6.45) is -0.481. The lowest BCUT2D eigenvalue weighted by Gasteiger charge is -2.36. The molecule has 0 saturated carbocycles. The van der Waals surface area contributed by atoms with Gasteiger partial charge in [-0.2, -0.15) is 10.2 Å². The van der Waals surface area contributed by atoms with Crippen LogP contribution >= 0.6 is 0 Å². The van der Waals surface area contributed by atoms with E-state index in [-0.39, 0.29) is 5.69 Å².